The van der Waals surface area contributed by atoms with Crippen molar-refractivity contribution in [2.24, 2.45) is 0 Å². The molecule has 0 fully saturated rings. The number of benzene rings is 1. The maximum atomic E-state index is 12.9. The summed E-state index contributed by atoms with van der Waals surface area (Å²) in [5.41, 5.74) is 1.97. The number of aromatic nitrogens is 2. The van der Waals surface area contributed by atoms with Crippen LogP contribution in [0.1, 0.15) is 23.6 Å². The molecule has 4 rings (SSSR count). The number of aryl methyl sites for hydroxylation is 1. The smallest absolute Gasteiger partial charge is 0.248 e. The Kier molecular flexibility index (Phi) is 5.63. The zero-order valence-corrected chi connectivity index (χ0v) is 16.0. The topological polar surface area (TPSA) is 72.4 Å². The number of thiophene rings is 1. The average Bonchev–Trinajstić information content (AvgIpc) is 3.48. The van der Waals surface area contributed by atoms with E-state index in [1.165, 1.54) is 0 Å². The third-order valence-electron chi connectivity index (χ3n) is 4.28. The van der Waals surface area contributed by atoms with Crippen molar-refractivity contribution in [3.63, 3.8) is 0 Å². The first kappa shape index (κ1) is 18.2. The Hall–Kier alpha value is -3.19. The first-order valence-electron chi connectivity index (χ1n) is 8.97. The maximum absolute atomic E-state index is 12.9. The van der Waals surface area contributed by atoms with Crippen molar-refractivity contribution in [1.29, 1.82) is 0 Å². The molecule has 0 aliphatic carbocycles. The number of carbonyl (C=O) groups excluding carboxylic acids is 1. The number of rotatable bonds is 8. The van der Waals surface area contributed by atoms with Crippen LogP contribution in [0, 0.1) is 0 Å². The van der Waals surface area contributed by atoms with E-state index >= 15 is 0 Å². The summed E-state index contributed by atoms with van der Waals surface area (Å²) in [4.78, 5) is 14.7. The van der Waals surface area contributed by atoms with Gasteiger partial charge in [-0.25, -0.2) is 0 Å². The molecule has 3 aromatic heterocycles. The van der Waals surface area contributed by atoms with Gasteiger partial charge in [0, 0.05) is 30.3 Å². The van der Waals surface area contributed by atoms with Crippen LogP contribution < -0.4 is 0 Å². The van der Waals surface area contributed by atoms with E-state index in [0.29, 0.717) is 37.7 Å². The number of carbonyl (C=O) groups is 1. The molecule has 6 nitrogen and oxygen atoms in total. The van der Waals surface area contributed by atoms with Gasteiger partial charge in [-0.3, -0.25) is 4.79 Å². The fourth-order valence-corrected chi connectivity index (χ4v) is 3.49. The minimum atomic E-state index is 0.00976. The number of nitrogens with zero attached hydrogens (tertiary/aromatic N) is 3. The van der Waals surface area contributed by atoms with Gasteiger partial charge in [-0.05, 0) is 29.1 Å². The molecule has 0 spiro atoms. The Morgan fingerprint density at radius 3 is 2.68 bits per heavy atom. The van der Waals surface area contributed by atoms with E-state index in [2.05, 4.69) is 10.2 Å². The van der Waals surface area contributed by atoms with E-state index < -0.39 is 0 Å². The molecule has 0 N–H and O–H groups in total. The Morgan fingerprint density at radius 2 is 1.93 bits per heavy atom. The number of hydrogen-bond acceptors (Lipinski definition) is 6. The van der Waals surface area contributed by atoms with Crippen molar-refractivity contribution in [2.75, 3.05) is 0 Å². The van der Waals surface area contributed by atoms with Crippen LogP contribution in [0.15, 0.2) is 74.4 Å². The van der Waals surface area contributed by atoms with E-state index in [9.17, 15) is 4.79 Å². The van der Waals surface area contributed by atoms with Gasteiger partial charge >= 0.3 is 0 Å². The monoisotopic (exact) mass is 393 g/mol. The molecule has 0 unspecified atom stereocenters. The van der Waals surface area contributed by atoms with Gasteiger partial charge in [0.1, 0.15) is 5.76 Å². The van der Waals surface area contributed by atoms with Gasteiger partial charge in [-0.15, -0.1) is 10.2 Å². The molecule has 0 atom stereocenters. The van der Waals surface area contributed by atoms with Gasteiger partial charge in [0.15, 0.2) is 0 Å². The molecule has 3 heterocycles. The third-order valence-corrected chi connectivity index (χ3v) is 4.97. The Labute approximate surface area is 166 Å². The summed E-state index contributed by atoms with van der Waals surface area (Å²) < 4.78 is 11.1. The molecular weight excluding hydrogens is 374 g/mol. The van der Waals surface area contributed by atoms with E-state index in [1.54, 1.807) is 22.5 Å². The fourth-order valence-electron chi connectivity index (χ4n) is 2.86. The number of amides is 1. The van der Waals surface area contributed by atoms with Crippen molar-refractivity contribution in [1.82, 2.24) is 15.1 Å². The number of furan rings is 1. The summed E-state index contributed by atoms with van der Waals surface area (Å²) in [6, 6.07) is 15.5. The standard InChI is InChI=1S/C21H19N3O3S/c25-20(9-8-19-22-23-21(27-19)17-10-12-28-15-17)24(14-18-7-4-11-26-18)13-16-5-2-1-3-6-16/h1-7,10-12,15H,8-9,13-14H2. The predicted octanol–water partition coefficient (Wildman–Crippen LogP) is 4.55. The maximum Gasteiger partial charge on any atom is 0.248 e. The summed E-state index contributed by atoms with van der Waals surface area (Å²) in [5.74, 6) is 1.71. The minimum Gasteiger partial charge on any atom is -0.467 e. The molecule has 7 heteroatoms. The van der Waals surface area contributed by atoms with E-state index in [1.807, 2.05) is 59.3 Å². The molecule has 0 saturated carbocycles. The first-order chi connectivity index (χ1) is 13.8. The third kappa shape index (κ3) is 4.55. The minimum absolute atomic E-state index is 0.00976. The van der Waals surface area contributed by atoms with Gasteiger partial charge in [0.05, 0.1) is 12.8 Å². The molecule has 0 aliphatic rings. The molecule has 28 heavy (non-hydrogen) atoms. The van der Waals surface area contributed by atoms with Gasteiger partial charge in [0.25, 0.3) is 0 Å². The van der Waals surface area contributed by atoms with E-state index in [-0.39, 0.29) is 5.91 Å². The van der Waals surface area contributed by atoms with Crippen molar-refractivity contribution in [2.45, 2.75) is 25.9 Å². The summed E-state index contributed by atoms with van der Waals surface area (Å²) in [7, 11) is 0. The first-order valence-corrected chi connectivity index (χ1v) is 9.91. The second-order valence-electron chi connectivity index (χ2n) is 6.33. The second-order valence-corrected chi connectivity index (χ2v) is 7.11. The lowest BCUT2D eigenvalue weighted by Crippen LogP contribution is -2.30. The van der Waals surface area contributed by atoms with Crippen LogP contribution in [-0.4, -0.2) is 21.0 Å². The van der Waals surface area contributed by atoms with Crippen molar-refractivity contribution < 1.29 is 13.6 Å². The van der Waals surface area contributed by atoms with E-state index in [0.717, 1.165) is 16.9 Å². The average molecular weight is 393 g/mol. The van der Waals surface area contributed by atoms with Gasteiger partial charge < -0.3 is 13.7 Å². The Morgan fingerprint density at radius 1 is 1.04 bits per heavy atom. The number of hydrogen-bond donors (Lipinski definition) is 0. The summed E-state index contributed by atoms with van der Waals surface area (Å²) in [5, 5.41) is 12.0. The molecule has 142 valence electrons. The summed E-state index contributed by atoms with van der Waals surface area (Å²) in [6.45, 7) is 0.940. The summed E-state index contributed by atoms with van der Waals surface area (Å²) in [6.07, 6.45) is 2.31. The lowest BCUT2D eigenvalue weighted by atomic mass is 10.2. The highest BCUT2D eigenvalue weighted by atomic mass is 32.1. The van der Waals surface area contributed by atoms with Gasteiger partial charge in [-0.1, -0.05) is 30.3 Å². The SMILES string of the molecule is O=C(CCc1nnc(-c2ccsc2)o1)N(Cc1ccccc1)Cc1ccco1. The highest BCUT2D eigenvalue weighted by Gasteiger charge is 2.18. The van der Waals surface area contributed by atoms with Crippen LogP contribution in [0.4, 0.5) is 0 Å². The van der Waals surface area contributed by atoms with Crippen molar-refractivity contribution in [3.8, 4) is 11.5 Å². The van der Waals surface area contributed by atoms with E-state index in [4.69, 9.17) is 8.83 Å². The fraction of sp³-hybridized carbons (Fsp3) is 0.190. The Bertz CT molecular complexity index is 995. The molecule has 0 bridgehead atoms. The largest absolute Gasteiger partial charge is 0.467 e. The van der Waals surface area contributed by atoms with Crippen molar-refractivity contribution in [3.05, 3.63) is 82.8 Å². The molecule has 1 aromatic carbocycles. The van der Waals surface area contributed by atoms with Crippen LogP contribution >= 0.6 is 11.3 Å². The van der Waals surface area contributed by atoms with Crippen LogP contribution in [0.3, 0.4) is 0 Å². The molecule has 0 aliphatic heterocycles. The molecule has 1 amide bonds. The van der Waals surface area contributed by atoms with Crippen LogP contribution in [0.2, 0.25) is 0 Å². The second kappa shape index (κ2) is 8.67. The zero-order valence-electron chi connectivity index (χ0n) is 15.2. The summed E-state index contributed by atoms with van der Waals surface area (Å²) >= 11 is 1.57. The zero-order chi connectivity index (χ0) is 19.2. The van der Waals surface area contributed by atoms with Crippen LogP contribution in [0.25, 0.3) is 11.5 Å². The van der Waals surface area contributed by atoms with Gasteiger partial charge in [0.2, 0.25) is 17.7 Å². The molecule has 0 saturated heterocycles. The molecular formula is C21H19N3O3S. The molecule has 0 radical (unpaired) electrons. The molecule has 4 aromatic rings. The normalized spacial score (nSPS) is 10.9. The van der Waals surface area contributed by atoms with Gasteiger partial charge in [-0.2, -0.15) is 11.3 Å². The van der Waals surface area contributed by atoms with Crippen LogP contribution in [0.5, 0.6) is 0 Å². The predicted molar refractivity (Wildman–Crippen MR) is 105 cm³/mol. The highest BCUT2D eigenvalue weighted by molar-refractivity contribution is 7.08. The quantitative estimate of drug-likeness (QED) is 0.439. The highest BCUT2D eigenvalue weighted by Crippen LogP contribution is 2.21. The Balaban J connectivity index is 1.41. The lowest BCUT2D eigenvalue weighted by molar-refractivity contribution is -0.132. The van der Waals surface area contributed by atoms with Crippen LogP contribution in [-0.2, 0) is 24.3 Å². The lowest BCUT2D eigenvalue weighted by Gasteiger charge is -2.21. The van der Waals surface area contributed by atoms with Crippen molar-refractivity contribution >= 4 is 17.2 Å².